The molecule has 0 radical (unpaired) electrons. The number of carbonyl (C=O) groups excluding carboxylic acids is 2. The summed E-state index contributed by atoms with van der Waals surface area (Å²) in [5, 5.41) is 11.2. The molecule has 2 N–H and O–H groups in total. The van der Waals surface area contributed by atoms with Crippen LogP contribution in [0, 0.1) is 5.92 Å². The van der Waals surface area contributed by atoms with Gasteiger partial charge in [0, 0.05) is 34.8 Å². The number of rotatable bonds is 7. The van der Waals surface area contributed by atoms with Gasteiger partial charge in [-0.05, 0) is 47.9 Å². The molecule has 0 bridgehead atoms. The number of amides is 2. The number of imide groups is 1. The molecule has 0 spiro atoms. The molecule has 3 aromatic carbocycles. The van der Waals surface area contributed by atoms with Crippen LogP contribution in [0.15, 0.2) is 100 Å². The van der Waals surface area contributed by atoms with E-state index in [1.807, 2.05) is 0 Å². The number of hydrogen-bond acceptors (Lipinski definition) is 9. The van der Waals surface area contributed by atoms with Gasteiger partial charge in [0.15, 0.2) is 5.82 Å². The SMILES string of the molecule is COc1cc(O)cc(OC)c1C1C2=CCn3c(=O)n(-c4ccccc4)c(=O)n3C2CC2C(=O)N(Nc3ncc(C(F)(F)F)cc3Cl)C(=O)C21c1ccc(Cl)cc1. The minimum absolute atomic E-state index is 0.0664. The number of fused-ring (bicyclic) bond motifs is 4. The second kappa shape index (κ2) is 13.3. The zero-order valence-corrected chi connectivity index (χ0v) is 30.8. The molecule has 13 nitrogen and oxygen atoms in total. The van der Waals surface area contributed by atoms with Gasteiger partial charge < -0.3 is 14.6 Å². The minimum atomic E-state index is -4.78. The zero-order chi connectivity index (χ0) is 39.8. The number of pyridine rings is 1. The number of anilines is 1. The molecule has 1 saturated carbocycles. The van der Waals surface area contributed by atoms with Crippen molar-refractivity contribution in [2.45, 2.75) is 36.5 Å². The highest BCUT2D eigenvalue weighted by Gasteiger charge is 2.69. The highest BCUT2D eigenvalue weighted by molar-refractivity contribution is 6.33. The first-order valence-corrected chi connectivity index (χ1v) is 17.8. The number of phenolic OH excluding ortho intramolecular Hbond substituents is 1. The molecule has 2 aliphatic heterocycles. The Bertz CT molecular complexity index is 2560. The molecule has 56 heavy (non-hydrogen) atoms. The predicted octanol–water partition coefficient (Wildman–Crippen LogP) is 5.86. The largest absolute Gasteiger partial charge is 0.508 e. The van der Waals surface area contributed by atoms with Gasteiger partial charge in [-0.3, -0.25) is 15.0 Å². The second-order valence-corrected chi connectivity index (χ2v) is 14.2. The highest BCUT2D eigenvalue weighted by Crippen LogP contribution is 2.64. The zero-order valence-electron chi connectivity index (χ0n) is 29.3. The van der Waals surface area contributed by atoms with Gasteiger partial charge in [-0.1, -0.05) is 59.6 Å². The predicted molar refractivity (Wildman–Crippen MR) is 196 cm³/mol. The molecule has 8 rings (SSSR count). The molecule has 18 heteroatoms. The second-order valence-electron chi connectivity index (χ2n) is 13.4. The van der Waals surface area contributed by atoms with Crippen LogP contribution in [-0.4, -0.2) is 55.1 Å². The van der Waals surface area contributed by atoms with Crippen LogP contribution >= 0.6 is 23.2 Å². The Balaban J connectivity index is 1.40. The maximum atomic E-state index is 15.5. The van der Waals surface area contributed by atoms with Gasteiger partial charge in [-0.2, -0.15) is 18.2 Å². The fourth-order valence-electron chi connectivity index (χ4n) is 8.37. The quantitative estimate of drug-likeness (QED) is 0.152. The van der Waals surface area contributed by atoms with E-state index in [-0.39, 0.29) is 35.8 Å². The number of hydrazine groups is 1. The number of halogens is 5. The topological polar surface area (TPSA) is 150 Å². The third-order valence-electron chi connectivity index (χ3n) is 10.7. The summed E-state index contributed by atoms with van der Waals surface area (Å²) in [5.41, 5.74) is -0.524. The first-order valence-electron chi connectivity index (χ1n) is 17.0. The Morgan fingerprint density at radius 3 is 2.20 bits per heavy atom. The van der Waals surface area contributed by atoms with Crippen LogP contribution < -0.4 is 26.3 Å². The highest BCUT2D eigenvalue weighted by atomic mass is 35.5. The van der Waals surface area contributed by atoms with Gasteiger partial charge in [0.1, 0.15) is 17.2 Å². The van der Waals surface area contributed by atoms with Crippen LogP contribution in [0.5, 0.6) is 17.2 Å². The van der Waals surface area contributed by atoms with Crippen LogP contribution in [0.1, 0.15) is 35.1 Å². The molecule has 4 unspecified atom stereocenters. The number of aromatic nitrogens is 4. The summed E-state index contributed by atoms with van der Waals surface area (Å²) in [5.74, 6) is -4.76. The van der Waals surface area contributed by atoms with Gasteiger partial charge in [-0.15, -0.1) is 0 Å². The third-order valence-corrected chi connectivity index (χ3v) is 11.2. The molecule has 4 heterocycles. The molecule has 1 aliphatic carbocycles. The maximum absolute atomic E-state index is 15.5. The molecule has 2 aromatic heterocycles. The fourth-order valence-corrected chi connectivity index (χ4v) is 8.70. The lowest BCUT2D eigenvalue weighted by Gasteiger charge is -2.49. The number of para-hydroxylation sites is 1. The average Bonchev–Trinajstić information content (AvgIpc) is 3.56. The van der Waals surface area contributed by atoms with E-state index < -0.39 is 69.1 Å². The number of hydrogen-bond donors (Lipinski definition) is 2. The van der Waals surface area contributed by atoms with Gasteiger partial charge in [0.2, 0.25) is 0 Å². The van der Waals surface area contributed by atoms with E-state index in [4.69, 9.17) is 32.7 Å². The lowest BCUT2D eigenvalue weighted by atomic mass is 9.53. The van der Waals surface area contributed by atoms with E-state index in [9.17, 15) is 32.7 Å². The van der Waals surface area contributed by atoms with Crippen molar-refractivity contribution in [3.8, 4) is 22.9 Å². The normalized spacial score (nSPS) is 21.6. The molecule has 288 valence electrons. The number of carbonyl (C=O) groups is 2. The lowest BCUT2D eigenvalue weighted by Crippen LogP contribution is -2.53. The fraction of sp³-hybridized carbons (Fsp3) is 0.237. The molecule has 3 aliphatic rings. The lowest BCUT2D eigenvalue weighted by molar-refractivity contribution is -0.139. The van der Waals surface area contributed by atoms with Crippen molar-refractivity contribution in [2.75, 3.05) is 19.6 Å². The monoisotopic (exact) mass is 808 g/mol. The van der Waals surface area contributed by atoms with Gasteiger partial charge in [0.05, 0.1) is 54.4 Å². The number of ether oxygens (including phenoxy) is 2. The number of benzene rings is 3. The number of allylic oxidation sites excluding steroid dienone is 2. The van der Waals surface area contributed by atoms with Crippen molar-refractivity contribution >= 4 is 40.8 Å². The first kappa shape index (κ1) is 36.9. The molecular formula is C38H29Cl2F3N6O7. The first-order chi connectivity index (χ1) is 26.7. The number of aromatic hydroxyl groups is 1. The van der Waals surface area contributed by atoms with E-state index in [0.29, 0.717) is 39.1 Å². The van der Waals surface area contributed by atoms with Crippen molar-refractivity contribution < 1.29 is 37.3 Å². The summed E-state index contributed by atoms with van der Waals surface area (Å²) >= 11 is 12.6. The number of methoxy groups -OCH3 is 2. The number of alkyl halides is 3. The van der Waals surface area contributed by atoms with E-state index in [0.717, 1.165) is 4.57 Å². The summed E-state index contributed by atoms with van der Waals surface area (Å²) in [6.45, 7) is -0.116. The van der Waals surface area contributed by atoms with E-state index in [1.54, 1.807) is 48.5 Å². The Kier molecular flexibility index (Phi) is 8.80. The van der Waals surface area contributed by atoms with Crippen LogP contribution in [0.4, 0.5) is 19.0 Å². The number of nitrogens with one attached hydrogen (secondary N) is 1. The van der Waals surface area contributed by atoms with Crippen LogP contribution in [0.3, 0.4) is 0 Å². The smallest absolute Gasteiger partial charge is 0.417 e. The summed E-state index contributed by atoms with van der Waals surface area (Å²) in [4.78, 5) is 62.5. The van der Waals surface area contributed by atoms with Crippen molar-refractivity contribution in [1.82, 2.24) is 23.9 Å². The van der Waals surface area contributed by atoms with Gasteiger partial charge in [0.25, 0.3) is 11.8 Å². The maximum Gasteiger partial charge on any atom is 0.417 e. The summed E-state index contributed by atoms with van der Waals surface area (Å²) in [6.07, 6.45) is -2.76. The Morgan fingerprint density at radius 2 is 1.59 bits per heavy atom. The van der Waals surface area contributed by atoms with Gasteiger partial charge in [-0.25, -0.2) is 28.5 Å². The number of phenols is 1. The summed E-state index contributed by atoms with van der Waals surface area (Å²) in [6, 6.07) is 16.8. The summed E-state index contributed by atoms with van der Waals surface area (Å²) < 4.78 is 55.7. The van der Waals surface area contributed by atoms with Crippen molar-refractivity contribution in [1.29, 1.82) is 0 Å². The van der Waals surface area contributed by atoms with Crippen molar-refractivity contribution in [3.63, 3.8) is 0 Å². The van der Waals surface area contributed by atoms with E-state index in [2.05, 4.69) is 10.4 Å². The third kappa shape index (κ3) is 5.41. The molecular weight excluding hydrogens is 780 g/mol. The molecule has 4 atom stereocenters. The molecule has 2 fully saturated rings. The number of nitrogens with zero attached hydrogens (tertiary/aromatic N) is 5. The average molecular weight is 810 g/mol. The van der Waals surface area contributed by atoms with Gasteiger partial charge >= 0.3 is 17.6 Å². The van der Waals surface area contributed by atoms with Crippen molar-refractivity contribution in [3.05, 3.63) is 138 Å². The standard InChI is InChI=1S/C38H29Cl2F3N6O7/c1-55-28-15-23(50)16-29(56-2)30(28)31-24-12-13-46-35(53)47(22-6-4-3-5-7-22)36(54)49(46)27(24)17-25-33(51)48(34(52)37(25,31)19-8-10-21(39)11-9-19)45-32-26(40)14-20(18-44-32)38(41,42)43/h3-12,14-16,18,25,27,31,50H,13,17H2,1-2H3,(H,44,45). The van der Waals surface area contributed by atoms with Crippen LogP contribution in [0.2, 0.25) is 10.0 Å². The van der Waals surface area contributed by atoms with Crippen LogP contribution in [-0.2, 0) is 27.7 Å². The molecule has 5 aromatic rings. The Hall–Kier alpha value is -6.00. The Morgan fingerprint density at radius 1 is 0.929 bits per heavy atom. The summed E-state index contributed by atoms with van der Waals surface area (Å²) in [7, 11) is 2.69. The van der Waals surface area contributed by atoms with Crippen LogP contribution in [0.25, 0.3) is 5.69 Å². The Labute approximate surface area is 324 Å². The molecule has 2 amide bonds. The van der Waals surface area contributed by atoms with Crippen molar-refractivity contribution in [2.24, 2.45) is 5.92 Å². The van der Waals surface area contributed by atoms with E-state index in [1.165, 1.54) is 47.8 Å². The van der Waals surface area contributed by atoms with E-state index >= 15 is 4.79 Å². The molecule has 1 saturated heterocycles. The minimum Gasteiger partial charge on any atom is -0.508 e.